The standard InChI is InChI=1S/C18H17ClO5/c1-3-23-14-7-4-12(5-8-14)17(21)11(2)24-18(22)15-10-13(19)6-9-16(15)20/h4-11,20H,3H2,1-2H3/t11-/m0/s1. The number of phenolic OH excluding ortho intramolecular Hbond substituents is 1. The molecule has 0 radical (unpaired) electrons. The molecule has 0 saturated heterocycles. The molecule has 0 spiro atoms. The number of carbonyl (C=O) groups excluding carboxylic acids is 2. The number of hydrogen-bond acceptors (Lipinski definition) is 5. The molecule has 0 bridgehead atoms. The molecule has 0 aromatic heterocycles. The van der Waals surface area contributed by atoms with Crippen molar-refractivity contribution in [1.82, 2.24) is 0 Å². The molecule has 24 heavy (non-hydrogen) atoms. The molecule has 1 atom stereocenters. The van der Waals surface area contributed by atoms with E-state index in [2.05, 4.69) is 0 Å². The highest BCUT2D eigenvalue weighted by molar-refractivity contribution is 6.31. The molecule has 6 heteroatoms. The van der Waals surface area contributed by atoms with Crippen molar-refractivity contribution in [2.45, 2.75) is 20.0 Å². The summed E-state index contributed by atoms with van der Waals surface area (Å²) < 4.78 is 10.4. The number of esters is 1. The molecule has 0 aliphatic carbocycles. The minimum absolute atomic E-state index is 0.0890. The largest absolute Gasteiger partial charge is 0.507 e. The second-order valence-corrected chi connectivity index (χ2v) is 5.47. The number of phenols is 1. The minimum Gasteiger partial charge on any atom is -0.507 e. The second kappa shape index (κ2) is 7.84. The number of halogens is 1. The Bertz CT molecular complexity index is 740. The van der Waals surface area contributed by atoms with Gasteiger partial charge in [0.2, 0.25) is 5.78 Å². The topological polar surface area (TPSA) is 72.8 Å². The van der Waals surface area contributed by atoms with E-state index in [1.54, 1.807) is 24.3 Å². The zero-order valence-electron chi connectivity index (χ0n) is 13.3. The van der Waals surface area contributed by atoms with Crippen LogP contribution in [0.25, 0.3) is 0 Å². The van der Waals surface area contributed by atoms with Crippen LogP contribution in [-0.2, 0) is 4.74 Å². The van der Waals surface area contributed by atoms with Crippen molar-refractivity contribution in [2.75, 3.05) is 6.61 Å². The normalized spacial score (nSPS) is 11.6. The van der Waals surface area contributed by atoms with Gasteiger partial charge in [-0.05, 0) is 56.3 Å². The van der Waals surface area contributed by atoms with E-state index in [1.165, 1.54) is 25.1 Å². The van der Waals surface area contributed by atoms with E-state index in [-0.39, 0.29) is 22.1 Å². The molecule has 5 nitrogen and oxygen atoms in total. The molecule has 126 valence electrons. The average Bonchev–Trinajstić information content (AvgIpc) is 2.57. The van der Waals surface area contributed by atoms with E-state index in [4.69, 9.17) is 21.1 Å². The zero-order chi connectivity index (χ0) is 17.7. The fourth-order valence-corrected chi connectivity index (χ4v) is 2.24. The van der Waals surface area contributed by atoms with E-state index in [0.717, 1.165) is 0 Å². The third-order valence-corrected chi connectivity index (χ3v) is 3.52. The lowest BCUT2D eigenvalue weighted by Crippen LogP contribution is -2.24. The molecule has 0 saturated carbocycles. The maximum Gasteiger partial charge on any atom is 0.342 e. The number of carbonyl (C=O) groups is 2. The van der Waals surface area contributed by atoms with E-state index in [9.17, 15) is 14.7 Å². The Morgan fingerprint density at radius 1 is 1.17 bits per heavy atom. The van der Waals surface area contributed by atoms with Gasteiger partial charge in [0.25, 0.3) is 0 Å². The minimum atomic E-state index is -1.01. The first-order valence-electron chi connectivity index (χ1n) is 7.39. The number of hydrogen-bond donors (Lipinski definition) is 1. The van der Waals surface area contributed by atoms with Gasteiger partial charge in [-0.15, -0.1) is 0 Å². The van der Waals surface area contributed by atoms with Gasteiger partial charge in [-0.2, -0.15) is 0 Å². The van der Waals surface area contributed by atoms with Crippen LogP contribution in [0.5, 0.6) is 11.5 Å². The monoisotopic (exact) mass is 348 g/mol. The van der Waals surface area contributed by atoms with Crippen molar-refractivity contribution in [1.29, 1.82) is 0 Å². The van der Waals surface area contributed by atoms with Crippen LogP contribution >= 0.6 is 11.6 Å². The maximum absolute atomic E-state index is 12.3. The number of ether oxygens (including phenoxy) is 2. The van der Waals surface area contributed by atoms with Gasteiger partial charge in [0.05, 0.1) is 6.61 Å². The average molecular weight is 349 g/mol. The highest BCUT2D eigenvalue weighted by Crippen LogP contribution is 2.23. The summed E-state index contributed by atoms with van der Waals surface area (Å²) in [4.78, 5) is 24.4. The lowest BCUT2D eigenvalue weighted by molar-refractivity contribution is 0.0316. The van der Waals surface area contributed by atoms with Gasteiger partial charge < -0.3 is 14.6 Å². The summed E-state index contributed by atoms with van der Waals surface area (Å²) in [6.45, 7) is 3.87. The first-order chi connectivity index (χ1) is 11.4. The van der Waals surface area contributed by atoms with Crippen molar-refractivity contribution < 1.29 is 24.2 Å². The molecule has 0 amide bonds. The Morgan fingerprint density at radius 3 is 2.46 bits per heavy atom. The number of ketones is 1. The highest BCUT2D eigenvalue weighted by atomic mass is 35.5. The summed E-state index contributed by atoms with van der Waals surface area (Å²) >= 11 is 5.80. The van der Waals surface area contributed by atoms with Gasteiger partial charge in [-0.3, -0.25) is 4.79 Å². The molecule has 0 aliphatic rings. The molecular weight excluding hydrogens is 332 g/mol. The number of rotatable bonds is 6. The Morgan fingerprint density at radius 2 is 1.83 bits per heavy atom. The van der Waals surface area contributed by atoms with Gasteiger partial charge in [-0.1, -0.05) is 11.6 Å². The molecule has 2 rings (SSSR count). The second-order valence-electron chi connectivity index (χ2n) is 5.03. The Kier molecular flexibility index (Phi) is 5.82. The van der Waals surface area contributed by atoms with Crippen molar-refractivity contribution in [3.63, 3.8) is 0 Å². The van der Waals surface area contributed by atoms with Gasteiger partial charge >= 0.3 is 5.97 Å². The molecule has 2 aromatic rings. The van der Waals surface area contributed by atoms with Crippen LogP contribution in [0, 0.1) is 0 Å². The fraction of sp³-hybridized carbons (Fsp3) is 0.222. The predicted octanol–water partition coefficient (Wildman–Crippen LogP) is 3.87. The van der Waals surface area contributed by atoms with E-state index in [0.29, 0.717) is 17.9 Å². The fourth-order valence-electron chi connectivity index (χ4n) is 2.07. The van der Waals surface area contributed by atoms with Crippen LogP contribution in [0.1, 0.15) is 34.6 Å². The molecule has 0 fully saturated rings. The lowest BCUT2D eigenvalue weighted by Gasteiger charge is -2.13. The summed E-state index contributed by atoms with van der Waals surface area (Å²) in [7, 11) is 0. The van der Waals surface area contributed by atoms with Gasteiger partial charge in [-0.25, -0.2) is 4.79 Å². The van der Waals surface area contributed by atoms with Crippen LogP contribution in [0.4, 0.5) is 0 Å². The maximum atomic E-state index is 12.3. The van der Waals surface area contributed by atoms with Crippen LogP contribution in [-0.4, -0.2) is 29.6 Å². The summed E-state index contributed by atoms with van der Waals surface area (Å²) in [5.41, 5.74) is 0.308. The highest BCUT2D eigenvalue weighted by Gasteiger charge is 2.22. The molecular formula is C18H17ClO5. The van der Waals surface area contributed by atoms with Crippen LogP contribution < -0.4 is 4.74 Å². The smallest absolute Gasteiger partial charge is 0.342 e. The van der Waals surface area contributed by atoms with Gasteiger partial charge in [0.15, 0.2) is 6.10 Å². The van der Waals surface area contributed by atoms with Gasteiger partial charge in [0, 0.05) is 10.6 Å². The Hall–Kier alpha value is -2.53. The number of benzene rings is 2. The Balaban J connectivity index is 2.08. The van der Waals surface area contributed by atoms with Crippen LogP contribution in [0.3, 0.4) is 0 Å². The van der Waals surface area contributed by atoms with Crippen molar-refractivity contribution in [3.05, 3.63) is 58.6 Å². The predicted molar refractivity (Wildman–Crippen MR) is 89.9 cm³/mol. The molecule has 0 unspecified atom stereocenters. The number of Topliss-reactive ketones (excluding diaryl/α,β-unsaturated/α-hetero) is 1. The summed E-state index contributed by atoms with van der Waals surface area (Å²) in [5, 5.41) is 9.98. The molecule has 2 aromatic carbocycles. The third kappa shape index (κ3) is 4.26. The van der Waals surface area contributed by atoms with E-state index < -0.39 is 12.1 Å². The summed E-state index contributed by atoms with van der Waals surface area (Å²) in [6, 6.07) is 10.6. The summed E-state index contributed by atoms with van der Waals surface area (Å²) in [5.74, 6) is -0.776. The van der Waals surface area contributed by atoms with Crippen molar-refractivity contribution >= 4 is 23.4 Å². The first kappa shape index (κ1) is 17.8. The SMILES string of the molecule is CCOc1ccc(C(=O)[C@H](C)OC(=O)c2cc(Cl)ccc2O)cc1. The zero-order valence-corrected chi connectivity index (χ0v) is 14.0. The van der Waals surface area contributed by atoms with Crippen LogP contribution in [0.2, 0.25) is 5.02 Å². The van der Waals surface area contributed by atoms with E-state index in [1.807, 2.05) is 6.92 Å². The Labute approximate surface area is 144 Å². The first-order valence-corrected chi connectivity index (χ1v) is 7.76. The van der Waals surface area contributed by atoms with Crippen LogP contribution in [0.15, 0.2) is 42.5 Å². The van der Waals surface area contributed by atoms with Crippen molar-refractivity contribution in [3.8, 4) is 11.5 Å². The van der Waals surface area contributed by atoms with Crippen molar-refractivity contribution in [2.24, 2.45) is 0 Å². The molecule has 0 heterocycles. The summed E-state index contributed by atoms with van der Waals surface area (Å²) in [6.07, 6.45) is -1.01. The lowest BCUT2D eigenvalue weighted by atomic mass is 10.1. The van der Waals surface area contributed by atoms with Gasteiger partial charge in [0.1, 0.15) is 17.1 Å². The molecule has 1 N–H and O–H groups in total. The van der Waals surface area contributed by atoms with E-state index >= 15 is 0 Å². The molecule has 0 aliphatic heterocycles. The number of aromatic hydroxyl groups is 1. The third-order valence-electron chi connectivity index (χ3n) is 3.28. The quantitative estimate of drug-likeness (QED) is 0.633.